The van der Waals surface area contributed by atoms with Crippen molar-refractivity contribution in [3.8, 4) is 0 Å². The predicted molar refractivity (Wildman–Crippen MR) is 182 cm³/mol. The minimum absolute atomic E-state index is 0.244. The summed E-state index contributed by atoms with van der Waals surface area (Å²) >= 11 is 11.8. The van der Waals surface area contributed by atoms with Gasteiger partial charge in [-0.3, -0.25) is 19.7 Å². The lowest BCUT2D eigenvalue weighted by atomic mass is 9.89. The number of carbonyl (C=O) groups is 1. The molecule has 1 saturated carbocycles. The fourth-order valence-corrected chi connectivity index (χ4v) is 5.26. The third-order valence-electron chi connectivity index (χ3n) is 7.03. The summed E-state index contributed by atoms with van der Waals surface area (Å²) in [5, 5.41) is 13.0. The molecule has 3 rings (SSSR count). The number of pyridine rings is 1. The summed E-state index contributed by atoms with van der Waals surface area (Å²) in [6, 6.07) is 10.3. The second-order valence-electron chi connectivity index (χ2n) is 10.2. The first-order chi connectivity index (χ1) is 20.8. The summed E-state index contributed by atoms with van der Waals surface area (Å²) < 4.78 is 0. The molecule has 0 aliphatic heterocycles. The fourth-order valence-electron chi connectivity index (χ4n) is 4.73. The van der Waals surface area contributed by atoms with Crippen LogP contribution in [0.3, 0.4) is 0 Å². The number of hydrogen-bond acceptors (Lipinski definition) is 6. The van der Waals surface area contributed by atoms with Crippen LogP contribution in [0, 0.1) is 0 Å². The first-order valence-electron chi connectivity index (χ1n) is 14.7. The van der Waals surface area contributed by atoms with Gasteiger partial charge >= 0.3 is 0 Å². The number of nitrogens with one attached hydrogen (secondary N) is 4. The Labute approximate surface area is 267 Å². The summed E-state index contributed by atoms with van der Waals surface area (Å²) in [4.78, 5) is 22.4. The van der Waals surface area contributed by atoms with Crippen molar-refractivity contribution in [3.05, 3.63) is 100 Å². The molecule has 10 heteroatoms. The van der Waals surface area contributed by atoms with Crippen molar-refractivity contribution in [2.24, 2.45) is 4.99 Å². The van der Waals surface area contributed by atoms with Crippen LogP contribution in [0.4, 0.5) is 0 Å². The Morgan fingerprint density at radius 2 is 1.93 bits per heavy atom. The zero-order valence-electron chi connectivity index (χ0n) is 25.9. The van der Waals surface area contributed by atoms with Gasteiger partial charge in [-0.25, -0.2) is 0 Å². The molecule has 43 heavy (non-hydrogen) atoms. The number of hydrogen-bond donors (Lipinski definition) is 4. The molecule has 0 radical (unpaired) electrons. The largest absolute Gasteiger partial charge is 0.394 e. The third-order valence-corrected chi connectivity index (χ3v) is 7.61. The van der Waals surface area contributed by atoms with E-state index in [0.29, 0.717) is 12.6 Å². The van der Waals surface area contributed by atoms with Crippen molar-refractivity contribution in [1.82, 2.24) is 31.2 Å². The molecule has 0 spiro atoms. The van der Waals surface area contributed by atoms with E-state index in [2.05, 4.69) is 61.8 Å². The summed E-state index contributed by atoms with van der Waals surface area (Å²) in [6.07, 6.45) is 14.2. The number of likely N-dealkylation sites (N-methyl/N-ethyl adjacent to an activating group) is 1. The number of amides is 1. The standard InChI is InChI=1S/C20H37N5.C13H10Cl2N2O/c1-6-25(14-13-23-16-17(2)24-18(3)22-5)20-11-7-9-19(15-20)10-8-12-21-4;14-10-7-16-8-11(15)12(10)13(18)17-6-9-4-2-1-3-5-9/h8,10,12,20-21,23H,2,6-7,9,11,13-16H2,1,3-5H3,(H,22,24);1-5,7-8H,6H2,(H,17,18)/b12-8-,19-10-;. The summed E-state index contributed by atoms with van der Waals surface area (Å²) in [5.41, 5.74) is 3.79. The molecule has 1 heterocycles. The smallest absolute Gasteiger partial charge is 0.254 e. The van der Waals surface area contributed by atoms with Gasteiger partial charge in [0.05, 0.1) is 21.4 Å². The van der Waals surface area contributed by atoms with Gasteiger partial charge in [-0.1, -0.05) is 78.7 Å². The monoisotopic (exact) mass is 627 g/mol. The van der Waals surface area contributed by atoms with Crippen LogP contribution < -0.4 is 21.3 Å². The molecular weight excluding hydrogens is 581 g/mol. The number of halogens is 2. The SMILES string of the molecule is C=C(CNCCN(CC)C1CCC/C(=C/C=C\NC)C1)NC(C)=NC.O=C(NCc1ccccc1)c1c(Cl)cncc1Cl. The van der Waals surface area contributed by atoms with Crippen LogP contribution in [0.2, 0.25) is 10.0 Å². The second kappa shape index (κ2) is 20.7. The van der Waals surface area contributed by atoms with Crippen LogP contribution in [0.1, 0.15) is 55.5 Å². The number of carbonyl (C=O) groups excluding carboxylic acids is 1. The van der Waals surface area contributed by atoms with Crippen LogP contribution >= 0.6 is 23.2 Å². The van der Waals surface area contributed by atoms with E-state index in [1.54, 1.807) is 12.6 Å². The topological polar surface area (TPSA) is 93.7 Å². The molecule has 2 aromatic rings. The number of aromatic nitrogens is 1. The normalized spacial score (nSPS) is 16.1. The quantitative estimate of drug-likeness (QED) is 0.124. The van der Waals surface area contributed by atoms with Gasteiger partial charge < -0.3 is 21.3 Å². The molecule has 1 atom stereocenters. The van der Waals surface area contributed by atoms with E-state index in [9.17, 15) is 4.79 Å². The van der Waals surface area contributed by atoms with Crippen molar-refractivity contribution in [3.63, 3.8) is 0 Å². The van der Waals surface area contributed by atoms with Crippen molar-refractivity contribution in [2.75, 3.05) is 40.3 Å². The van der Waals surface area contributed by atoms with Crippen LogP contribution in [-0.2, 0) is 6.54 Å². The Balaban J connectivity index is 0.000000315. The van der Waals surface area contributed by atoms with E-state index in [4.69, 9.17) is 23.2 Å². The Morgan fingerprint density at radius 1 is 1.21 bits per heavy atom. The number of nitrogens with zero attached hydrogens (tertiary/aromatic N) is 3. The molecule has 0 bridgehead atoms. The summed E-state index contributed by atoms with van der Waals surface area (Å²) in [6.45, 7) is 12.6. The highest BCUT2D eigenvalue weighted by Crippen LogP contribution is 2.27. The Kier molecular flexibility index (Phi) is 17.3. The average Bonchev–Trinajstić information content (AvgIpc) is 3.01. The highest BCUT2D eigenvalue weighted by molar-refractivity contribution is 6.39. The van der Waals surface area contributed by atoms with Crippen LogP contribution in [0.15, 0.2) is 83.9 Å². The maximum Gasteiger partial charge on any atom is 0.254 e. The van der Waals surface area contributed by atoms with Gasteiger partial charge in [0.2, 0.25) is 0 Å². The number of rotatable bonds is 13. The number of aliphatic imine (C=N–C) groups is 1. The van der Waals surface area contributed by atoms with E-state index in [0.717, 1.165) is 43.3 Å². The first-order valence-corrected chi connectivity index (χ1v) is 15.5. The molecule has 1 aromatic carbocycles. The minimum Gasteiger partial charge on any atom is -0.394 e. The minimum atomic E-state index is -0.309. The molecule has 1 aliphatic rings. The van der Waals surface area contributed by atoms with Crippen molar-refractivity contribution in [2.45, 2.75) is 52.1 Å². The Bertz CT molecular complexity index is 1210. The molecule has 234 valence electrons. The fraction of sp³-hybridized carbons (Fsp3) is 0.424. The van der Waals surface area contributed by atoms with Crippen LogP contribution in [-0.4, -0.2) is 67.9 Å². The maximum absolute atomic E-state index is 12.0. The van der Waals surface area contributed by atoms with Crippen molar-refractivity contribution >= 4 is 34.9 Å². The first kappa shape index (κ1) is 36.0. The van der Waals surface area contributed by atoms with E-state index in [1.807, 2.05) is 50.5 Å². The van der Waals surface area contributed by atoms with E-state index >= 15 is 0 Å². The van der Waals surface area contributed by atoms with Gasteiger partial charge in [0.1, 0.15) is 0 Å². The van der Waals surface area contributed by atoms with Crippen molar-refractivity contribution < 1.29 is 4.79 Å². The van der Waals surface area contributed by atoms with Gasteiger partial charge in [0.15, 0.2) is 0 Å². The summed E-state index contributed by atoms with van der Waals surface area (Å²) in [5.74, 6) is 0.590. The van der Waals surface area contributed by atoms with E-state index < -0.39 is 0 Å². The highest BCUT2D eigenvalue weighted by Gasteiger charge is 2.21. The molecule has 1 aliphatic carbocycles. The van der Waals surface area contributed by atoms with Gasteiger partial charge in [0, 0.05) is 64.4 Å². The average molecular weight is 629 g/mol. The van der Waals surface area contributed by atoms with Gasteiger partial charge in [-0.05, 0) is 57.0 Å². The van der Waals surface area contributed by atoms with Gasteiger partial charge in [-0.2, -0.15) is 0 Å². The number of amidine groups is 1. The lowest BCUT2D eigenvalue weighted by Crippen LogP contribution is -2.41. The molecule has 4 N–H and O–H groups in total. The predicted octanol–water partition coefficient (Wildman–Crippen LogP) is 5.97. The van der Waals surface area contributed by atoms with Gasteiger partial charge in [-0.15, -0.1) is 0 Å². The van der Waals surface area contributed by atoms with Crippen LogP contribution in [0.25, 0.3) is 0 Å². The van der Waals surface area contributed by atoms with Gasteiger partial charge in [0.25, 0.3) is 5.91 Å². The third kappa shape index (κ3) is 13.8. The van der Waals surface area contributed by atoms with E-state index in [1.165, 1.54) is 38.1 Å². The second-order valence-corrected chi connectivity index (χ2v) is 11.0. The number of allylic oxidation sites excluding steroid dienone is 2. The zero-order chi connectivity index (χ0) is 31.5. The Morgan fingerprint density at radius 3 is 2.58 bits per heavy atom. The molecule has 0 saturated heterocycles. The van der Waals surface area contributed by atoms with Crippen molar-refractivity contribution in [1.29, 1.82) is 0 Å². The zero-order valence-corrected chi connectivity index (χ0v) is 27.4. The molecule has 1 fully saturated rings. The molecule has 1 aromatic heterocycles. The lowest BCUT2D eigenvalue weighted by molar-refractivity contribution is 0.0951. The van der Waals surface area contributed by atoms with E-state index in [-0.39, 0.29) is 21.5 Å². The Hall–Kier alpha value is -3.17. The lowest BCUT2D eigenvalue weighted by Gasteiger charge is -2.34. The molecular formula is C33H47Cl2N7O. The summed E-state index contributed by atoms with van der Waals surface area (Å²) in [7, 11) is 3.72. The molecule has 8 nitrogen and oxygen atoms in total. The number of benzene rings is 1. The molecule has 1 unspecified atom stereocenters. The maximum atomic E-state index is 12.0. The highest BCUT2D eigenvalue weighted by atomic mass is 35.5. The van der Waals surface area contributed by atoms with Crippen LogP contribution in [0.5, 0.6) is 0 Å². The molecule has 1 amide bonds.